The van der Waals surface area contributed by atoms with Crippen LogP contribution in [0.2, 0.25) is 0 Å². The molecule has 1 aliphatic carbocycles. The Balaban J connectivity index is 1.61. The summed E-state index contributed by atoms with van der Waals surface area (Å²) in [6.07, 6.45) is 4.79. The van der Waals surface area contributed by atoms with Crippen molar-refractivity contribution in [1.82, 2.24) is 4.98 Å². The highest BCUT2D eigenvalue weighted by Crippen LogP contribution is 2.44. The van der Waals surface area contributed by atoms with E-state index >= 15 is 0 Å². The molecule has 4 aromatic rings. The number of nitrogen functional groups attached to an aromatic ring is 2. The number of carbonyl (C=O) groups is 2. The number of carbonyl (C=O) groups excluding carboxylic acids is 2. The Morgan fingerprint density at radius 3 is 2.71 bits per heavy atom. The van der Waals surface area contributed by atoms with Gasteiger partial charge in [0.25, 0.3) is 5.91 Å². The first kappa shape index (κ1) is 23.3. The van der Waals surface area contributed by atoms with Gasteiger partial charge in [0, 0.05) is 15.8 Å². The third-order valence-electron chi connectivity index (χ3n) is 6.07. The van der Waals surface area contributed by atoms with E-state index in [1.54, 1.807) is 0 Å². The highest BCUT2D eigenvalue weighted by molar-refractivity contribution is 7.21. The summed E-state index contributed by atoms with van der Waals surface area (Å²) in [6.45, 7) is 0. The molecule has 0 atom stereocenters. The molecule has 0 saturated heterocycles. The molecule has 11 heteroatoms. The quantitative estimate of drug-likeness (QED) is 0.239. The maximum Gasteiger partial charge on any atom is 0.341 e. The van der Waals surface area contributed by atoms with Crippen molar-refractivity contribution in [3.8, 4) is 17.2 Å². The van der Waals surface area contributed by atoms with Crippen molar-refractivity contribution in [3.05, 3.63) is 43.3 Å². The fraction of sp³-hybridized carbons (Fsp3) is 0.250. The van der Waals surface area contributed by atoms with Crippen molar-refractivity contribution in [3.63, 3.8) is 0 Å². The number of methoxy groups -OCH3 is 1. The van der Waals surface area contributed by atoms with Crippen molar-refractivity contribution in [2.75, 3.05) is 23.9 Å². The Morgan fingerprint density at radius 1 is 1.20 bits per heavy atom. The van der Waals surface area contributed by atoms with Gasteiger partial charge in [-0.15, -0.1) is 22.7 Å². The molecule has 4 heterocycles. The van der Waals surface area contributed by atoms with Gasteiger partial charge in [0.15, 0.2) is 0 Å². The van der Waals surface area contributed by atoms with E-state index in [1.165, 1.54) is 29.8 Å². The molecular weight excluding hydrogens is 502 g/mol. The fourth-order valence-corrected chi connectivity index (χ4v) is 7.38. The number of nitrogens with one attached hydrogen (secondary N) is 1. The predicted octanol–water partition coefficient (Wildman–Crippen LogP) is 5.43. The largest absolute Gasteiger partial charge is 0.465 e. The van der Waals surface area contributed by atoms with Crippen LogP contribution < -0.4 is 16.8 Å². The number of esters is 1. The topological polar surface area (TPSA) is 144 Å². The number of nitrogens with two attached hydrogens (primary N) is 2. The number of thiophene rings is 3. The van der Waals surface area contributed by atoms with Crippen LogP contribution in [0, 0.1) is 11.3 Å². The lowest BCUT2D eigenvalue weighted by Crippen LogP contribution is -2.14. The monoisotopic (exact) mass is 523 g/mol. The molecule has 5 N–H and O–H groups in total. The van der Waals surface area contributed by atoms with Gasteiger partial charge in [0.2, 0.25) is 0 Å². The van der Waals surface area contributed by atoms with E-state index in [1.807, 2.05) is 16.8 Å². The number of aryl methyl sites for hydroxylation is 1. The molecule has 0 unspecified atom stereocenters. The second-order valence-corrected chi connectivity index (χ2v) is 11.0. The van der Waals surface area contributed by atoms with Crippen LogP contribution in [0.5, 0.6) is 0 Å². The molecule has 1 aliphatic rings. The first-order valence-electron chi connectivity index (χ1n) is 10.9. The van der Waals surface area contributed by atoms with Crippen LogP contribution in [0.15, 0.2) is 16.8 Å². The molecule has 0 bridgehead atoms. The summed E-state index contributed by atoms with van der Waals surface area (Å²) in [7, 11) is 1.34. The Morgan fingerprint density at radius 2 is 2.00 bits per heavy atom. The van der Waals surface area contributed by atoms with Crippen LogP contribution in [-0.2, 0) is 17.6 Å². The van der Waals surface area contributed by atoms with Crippen LogP contribution in [-0.4, -0.2) is 24.0 Å². The smallest absolute Gasteiger partial charge is 0.341 e. The van der Waals surface area contributed by atoms with Gasteiger partial charge < -0.3 is 21.5 Å². The summed E-state index contributed by atoms with van der Waals surface area (Å²) >= 11 is 4.01. The van der Waals surface area contributed by atoms with Crippen molar-refractivity contribution in [2.24, 2.45) is 0 Å². The normalized spacial score (nSPS) is 13.1. The first-order valence-corrected chi connectivity index (χ1v) is 13.5. The summed E-state index contributed by atoms with van der Waals surface area (Å²) in [6, 6.07) is 4.00. The summed E-state index contributed by atoms with van der Waals surface area (Å²) in [5, 5.41) is 17.4. The second kappa shape index (κ2) is 9.30. The SMILES string of the molecule is COC(=O)c1c(NC(=O)c2sc3nc(N)c(C#N)c(-c4ccsc4)c3c2N)sc2c1CCCCC2. The Hall–Kier alpha value is -3.46. The second-order valence-electron chi connectivity index (χ2n) is 8.11. The molecule has 0 aromatic carbocycles. The molecule has 0 radical (unpaired) electrons. The molecule has 0 fully saturated rings. The van der Waals surface area contributed by atoms with Gasteiger partial charge in [0.05, 0.1) is 18.4 Å². The van der Waals surface area contributed by atoms with Crippen molar-refractivity contribution in [1.29, 1.82) is 5.26 Å². The number of aromatic nitrogens is 1. The van der Waals surface area contributed by atoms with Gasteiger partial charge in [-0.3, -0.25) is 4.79 Å². The van der Waals surface area contributed by atoms with Crippen molar-refractivity contribution in [2.45, 2.75) is 32.1 Å². The van der Waals surface area contributed by atoms with E-state index in [2.05, 4.69) is 16.4 Å². The number of anilines is 3. The van der Waals surface area contributed by atoms with Gasteiger partial charge in [0.1, 0.15) is 32.2 Å². The van der Waals surface area contributed by atoms with Gasteiger partial charge in [-0.1, -0.05) is 6.42 Å². The molecule has 178 valence electrons. The number of ether oxygens (including phenoxy) is 1. The average molecular weight is 524 g/mol. The molecule has 0 spiro atoms. The maximum absolute atomic E-state index is 13.4. The van der Waals surface area contributed by atoms with Gasteiger partial charge >= 0.3 is 5.97 Å². The van der Waals surface area contributed by atoms with E-state index in [-0.39, 0.29) is 21.9 Å². The number of amides is 1. The highest BCUT2D eigenvalue weighted by Gasteiger charge is 2.29. The number of pyridine rings is 1. The lowest BCUT2D eigenvalue weighted by molar-refractivity contribution is 0.0601. The number of nitriles is 1. The van der Waals surface area contributed by atoms with E-state index in [0.717, 1.165) is 59.4 Å². The van der Waals surface area contributed by atoms with Crippen LogP contribution in [0.1, 0.15) is 55.3 Å². The van der Waals surface area contributed by atoms with Gasteiger partial charge in [-0.25, -0.2) is 9.78 Å². The number of fused-ring (bicyclic) bond motifs is 2. The molecular formula is C24H21N5O3S3. The van der Waals surface area contributed by atoms with E-state index in [4.69, 9.17) is 16.2 Å². The highest BCUT2D eigenvalue weighted by atomic mass is 32.1. The van der Waals surface area contributed by atoms with E-state index in [0.29, 0.717) is 26.3 Å². The molecule has 1 amide bonds. The number of nitrogens with zero attached hydrogens (tertiary/aromatic N) is 2. The summed E-state index contributed by atoms with van der Waals surface area (Å²) in [5.41, 5.74) is 15.8. The fourth-order valence-electron chi connectivity index (χ4n) is 4.46. The third-order valence-corrected chi connectivity index (χ3v) is 9.06. The standard InChI is InChI=1S/C24H21N5O3S3/c1-32-24(31)16-12-5-3-2-4-6-14(12)34-22(16)29-21(30)19-18(26)17-15(11-7-8-33-10-11)13(9-25)20(27)28-23(17)35-19/h7-8,10H,2-6,26H2,1H3,(H2,27,28)(H,29,30). The van der Waals surface area contributed by atoms with E-state index in [9.17, 15) is 14.9 Å². The zero-order valence-corrected chi connectivity index (χ0v) is 21.2. The van der Waals surface area contributed by atoms with Crippen LogP contribution in [0.4, 0.5) is 16.5 Å². The van der Waals surface area contributed by atoms with Gasteiger partial charge in [-0.05, 0) is 53.6 Å². The molecule has 8 nitrogen and oxygen atoms in total. The molecule has 0 saturated carbocycles. The number of rotatable bonds is 4. The zero-order chi connectivity index (χ0) is 24.7. The van der Waals surface area contributed by atoms with Crippen molar-refractivity contribution < 1.29 is 14.3 Å². The summed E-state index contributed by atoms with van der Waals surface area (Å²) in [5.74, 6) is -0.818. The number of hydrogen-bond acceptors (Lipinski definition) is 10. The molecule has 5 rings (SSSR count). The molecule has 0 aliphatic heterocycles. The molecule has 35 heavy (non-hydrogen) atoms. The third kappa shape index (κ3) is 3.93. The minimum absolute atomic E-state index is 0.0874. The maximum atomic E-state index is 13.4. The Kier molecular flexibility index (Phi) is 6.19. The van der Waals surface area contributed by atoms with Crippen LogP contribution >= 0.6 is 34.0 Å². The predicted molar refractivity (Wildman–Crippen MR) is 141 cm³/mol. The Bertz CT molecular complexity index is 1510. The lowest BCUT2D eigenvalue weighted by Gasteiger charge is -2.08. The van der Waals surface area contributed by atoms with E-state index < -0.39 is 11.9 Å². The van der Waals surface area contributed by atoms with Crippen LogP contribution in [0.25, 0.3) is 21.3 Å². The van der Waals surface area contributed by atoms with Crippen molar-refractivity contribution >= 4 is 72.6 Å². The summed E-state index contributed by atoms with van der Waals surface area (Å²) in [4.78, 5) is 32.3. The lowest BCUT2D eigenvalue weighted by atomic mass is 9.99. The number of hydrogen-bond donors (Lipinski definition) is 3. The summed E-state index contributed by atoms with van der Waals surface area (Å²) < 4.78 is 5.04. The minimum atomic E-state index is -0.461. The van der Waals surface area contributed by atoms with Gasteiger partial charge in [-0.2, -0.15) is 16.6 Å². The average Bonchev–Trinajstić information content (AvgIpc) is 3.52. The van der Waals surface area contributed by atoms with Crippen LogP contribution in [0.3, 0.4) is 0 Å². The minimum Gasteiger partial charge on any atom is -0.465 e. The molecule has 4 aromatic heterocycles. The first-order chi connectivity index (χ1) is 16.9. The Labute approximate surface area is 213 Å². The zero-order valence-electron chi connectivity index (χ0n) is 18.8.